The molecule has 0 bridgehead atoms. The molecule has 8 heteroatoms. The number of benzene rings is 2. The molecule has 6 nitrogen and oxygen atoms in total. The molecular formula is C13H8BrFN2O4. The fraction of sp³-hybridized carbons (Fsp3) is 0. The summed E-state index contributed by atoms with van der Waals surface area (Å²) in [4.78, 5) is 21.9. The number of aromatic hydroxyl groups is 1. The molecule has 0 unspecified atom stereocenters. The highest BCUT2D eigenvalue weighted by atomic mass is 79.9. The number of hydrogen-bond acceptors (Lipinski definition) is 4. The van der Waals surface area contributed by atoms with Gasteiger partial charge in [0.2, 0.25) is 0 Å². The average molecular weight is 355 g/mol. The fourth-order valence-electron chi connectivity index (χ4n) is 1.60. The van der Waals surface area contributed by atoms with Crippen molar-refractivity contribution in [1.29, 1.82) is 0 Å². The number of nitrogens with zero attached hydrogens (tertiary/aromatic N) is 1. The number of carbonyl (C=O) groups excluding carboxylic acids is 1. The van der Waals surface area contributed by atoms with Crippen LogP contribution in [0.15, 0.2) is 40.9 Å². The molecule has 1 amide bonds. The molecule has 21 heavy (non-hydrogen) atoms. The molecule has 2 N–H and O–H groups in total. The largest absolute Gasteiger partial charge is 0.506 e. The van der Waals surface area contributed by atoms with Crippen molar-refractivity contribution in [3.05, 3.63) is 62.4 Å². The molecule has 0 radical (unpaired) electrons. The second-order valence-electron chi connectivity index (χ2n) is 4.04. The molecule has 2 rings (SSSR count). The van der Waals surface area contributed by atoms with Crippen molar-refractivity contribution in [2.75, 3.05) is 5.32 Å². The van der Waals surface area contributed by atoms with E-state index in [9.17, 15) is 24.4 Å². The highest BCUT2D eigenvalue weighted by Gasteiger charge is 2.15. The third-order valence-corrected chi connectivity index (χ3v) is 3.27. The summed E-state index contributed by atoms with van der Waals surface area (Å²) in [6.45, 7) is 0. The Labute approximate surface area is 126 Å². The molecule has 0 saturated carbocycles. The lowest BCUT2D eigenvalue weighted by Crippen LogP contribution is -2.12. The Balaban J connectivity index is 2.25. The predicted octanol–water partition coefficient (Wildman–Crippen LogP) is 3.45. The fourth-order valence-corrected chi connectivity index (χ4v) is 2.13. The number of phenolic OH excluding ortho intramolecular Hbond substituents is 1. The quantitative estimate of drug-likeness (QED) is 0.501. The van der Waals surface area contributed by atoms with Crippen LogP contribution in [-0.2, 0) is 0 Å². The minimum absolute atomic E-state index is 0.0156. The first kappa shape index (κ1) is 14.9. The van der Waals surface area contributed by atoms with E-state index in [0.717, 1.165) is 24.3 Å². The molecule has 0 heterocycles. The summed E-state index contributed by atoms with van der Waals surface area (Å²) in [6.07, 6.45) is 0. The maximum Gasteiger partial charge on any atom is 0.273 e. The number of phenols is 1. The van der Waals surface area contributed by atoms with Gasteiger partial charge < -0.3 is 10.4 Å². The number of nitro groups is 1. The second kappa shape index (κ2) is 5.88. The highest BCUT2D eigenvalue weighted by molar-refractivity contribution is 9.10. The normalized spacial score (nSPS) is 10.2. The number of nitrogens with one attached hydrogen (secondary N) is 1. The van der Waals surface area contributed by atoms with Crippen LogP contribution < -0.4 is 5.32 Å². The van der Waals surface area contributed by atoms with Crippen LogP contribution in [0.1, 0.15) is 10.4 Å². The van der Waals surface area contributed by atoms with Gasteiger partial charge in [0.25, 0.3) is 11.6 Å². The van der Waals surface area contributed by atoms with Gasteiger partial charge in [-0.15, -0.1) is 0 Å². The molecule has 0 aromatic heterocycles. The SMILES string of the molecule is O=C(Nc1ccc([N+](=O)[O-])cc1O)c1ccc(F)cc1Br. The number of carbonyl (C=O) groups is 1. The monoisotopic (exact) mass is 354 g/mol. The maximum atomic E-state index is 13.0. The standard InChI is InChI=1S/C13H8BrFN2O4/c14-10-5-7(15)1-3-9(10)13(19)16-11-4-2-8(17(20)21)6-12(11)18/h1-6,18H,(H,16,19). The minimum atomic E-state index is -0.665. The Kier molecular flexibility index (Phi) is 4.18. The van der Waals surface area contributed by atoms with Crippen LogP contribution in [0.5, 0.6) is 5.75 Å². The van der Waals surface area contributed by atoms with Crippen LogP contribution in [0.25, 0.3) is 0 Å². The van der Waals surface area contributed by atoms with Gasteiger partial charge in [0.1, 0.15) is 11.6 Å². The van der Waals surface area contributed by atoms with Crippen molar-refractivity contribution in [2.45, 2.75) is 0 Å². The molecule has 0 spiro atoms. The Morgan fingerprint density at radius 3 is 2.57 bits per heavy atom. The van der Waals surface area contributed by atoms with Crippen molar-refractivity contribution < 1.29 is 19.2 Å². The van der Waals surface area contributed by atoms with E-state index in [-0.39, 0.29) is 21.4 Å². The highest BCUT2D eigenvalue weighted by Crippen LogP contribution is 2.29. The lowest BCUT2D eigenvalue weighted by Gasteiger charge is -2.08. The van der Waals surface area contributed by atoms with Gasteiger partial charge in [-0.05, 0) is 40.2 Å². The topological polar surface area (TPSA) is 92.5 Å². The summed E-state index contributed by atoms with van der Waals surface area (Å²) in [5.41, 5.74) is -0.121. The van der Waals surface area contributed by atoms with E-state index in [1.165, 1.54) is 12.1 Å². The van der Waals surface area contributed by atoms with Gasteiger partial charge in [0.05, 0.1) is 22.2 Å². The van der Waals surface area contributed by atoms with Crippen LogP contribution in [-0.4, -0.2) is 15.9 Å². The predicted molar refractivity (Wildman–Crippen MR) is 76.8 cm³/mol. The second-order valence-corrected chi connectivity index (χ2v) is 4.89. The molecule has 108 valence electrons. The lowest BCUT2D eigenvalue weighted by atomic mass is 10.2. The van der Waals surface area contributed by atoms with Crippen molar-refractivity contribution in [3.8, 4) is 5.75 Å². The van der Waals surface area contributed by atoms with E-state index in [1.807, 2.05) is 0 Å². The van der Waals surface area contributed by atoms with Crippen LogP contribution in [0.3, 0.4) is 0 Å². The van der Waals surface area contributed by atoms with E-state index in [2.05, 4.69) is 21.2 Å². The van der Waals surface area contributed by atoms with Crippen LogP contribution in [0, 0.1) is 15.9 Å². The molecule has 0 aliphatic rings. The Morgan fingerprint density at radius 2 is 2.00 bits per heavy atom. The molecular weight excluding hydrogens is 347 g/mol. The van der Waals surface area contributed by atoms with Gasteiger partial charge in [0.15, 0.2) is 0 Å². The number of amides is 1. The van der Waals surface area contributed by atoms with Gasteiger partial charge in [-0.2, -0.15) is 0 Å². The maximum absolute atomic E-state index is 13.0. The Morgan fingerprint density at radius 1 is 1.29 bits per heavy atom. The van der Waals surface area contributed by atoms with Crippen molar-refractivity contribution in [1.82, 2.24) is 0 Å². The molecule has 0 fully saturated rings. The number of non-ortho nitro benzene ring substituents is 1. The lowest BCUT2D eigenvalue weighted by molar-refractivity contribution is -0.384. The van der Waals surface area contributed by atoms with Crippen LogP contribution >= 0.6 is 15.9 Å². The van der Waals surface area contributed by atoms with Gasteiger partial charge in [0, 0.05) is 10.5 Å². The minimum Gasteiger partial charge on any atom is -0.506 e. The van der Waals surface area contributed by atoms with Crippen LogP contribution in [0.2, 0.25) is 0 Å². The summed E-state index contributed by atoms with van der Waals surface area (Å²) in [7, 11) is 0. The van der Waals surface area contributed by atoms with E-state index in [1.54, 1.807) is 0 Å². The van der Waals surface area contributed by atoms with Gasteiger partial charge in [-0.25, -0.2) is 4.39 Å². The zero-order valence-corrected chi connectivity index (χ0v) is 11.9. The first-order valence-electron chi connectivity index (χ1n) is 5.62. The number of hydrogen-bond donors (Lipinski definition) is 2. The van der Waals surface area contributed by atoms with E-state index < -0.39 is 22.4 Å². The summed E-state index contributed by atoms with van der Waals surface area (Å²) in [5, 5.41) is 22.6. The van der Waals surface area contributed by atoms with Gasteiger partial charge in [-0.1, -0.05) is 0 Å². The summed E-state index contributed by atoms with van der Waals surface area (Å²) in [5.74, 6) is -1.53. The summed E-state index contributed by atoms with van der Waals surface area (Å²) < 4.78 is 13.2. The van der Waals surface area contributed by atoms with E-state index >= 15 is 0 Å². The zero-order chi connectivity index (χ0) is 15.6. The molecule has 0 saturated heterocycles. The first-order chi connectivity index (χ1) is 9.88. The Hall–Kier alpha value is -2.48. The zero-order valence-electron chi connectivity index (χ0n) is 10.3. The number of halogens is 2. The van der Waals surface area contributed by atoms with Crippen LogP contribution in [0.4, 0.5) is 15.8 Å². The third-order valence-electron chi connectivity index (χ3n) is 2.62. The molecule has 0 aliphatic carbocycles. The van der Waals surface area contributed by atoms with Crippen molar-refractivity contribution in [3.63, 3.8) is 0 Å². The molecule has 2 aromatic rings. The number of nitro benzene ring substituents is 1. The third kappa shape index (κ3) is 3.34. The average Bonchev–Trinajstić information content (AvgIpc) is 2.40. The molecule has 0 atom stereocenters. The van der Waals surface area contributed by atoms with E-state index in [4.69, 9.17) is 0 Å². The van der Waals surface area contributed by atoms with Gasteiger partial charge in [-0.3, -0.25) is 14.9 Å². The smallest absolute Gasteiger partial charge is 0.273 e. The summed E-state index contributed by atoms with van der Waals surface area (Å²) >= 11 is 3.06. The Bertz CT molecular complexity index is 736. The first-order valence-corrected chi connectivity index (χ1v) is 6.41. The van der Waals surface area contributed by atoms with Crippen molar-refractivity contribution in [2.24, 2.45) is 0 Å². The van der Waals surface area contributed by atoms with Crippen molar-refractivity contribution >= 4 is 33.2 Å². The molecule has 2 aromatic carbocycles. The number of rotatable bonds is 3. The summed E-state index contributed by atoms with van der Waals surface area (Å²) in [6, 6.07) is 6.81. The van der Waals surface area contributed by atoms with Gasteiger partial charge >= 0.3 is 0 Å². The number of anilines is 1. The molecule has 0 aliphatic heterocycles. The van der Waals surface area contributed by atoms with E-state index in [0.29, 0.717) is 0 Å².